The molecule has 0 amide bonds. The summed E-state index contributed by atoms with van der Waals surface area (Å²) in [5.74, 6) is 1.48. The van der Waals surface area contributed by atoms with Crippen molar-refractivity contribution in [1.29, 1.82) is 0 Å². The van der Waals surface area contributed by atoms with Gasteiger partial charge in [0.1, 0.15) is 17.3 Å². The highest BCUT2D eigenvalue weighted by atomic mass is 16.5. The third-order valence-corrected chi connectivity index (χ3v) is 4.47. The summed E-state index contributed by atoms with van der Waals surface area (Å²) in [6, 6.07) is 5.70. The van der Waals surface area contributed by atoms with E-state index in [1.807, 2.05) is 18.2 Å². The molecule has 1 aliphatic carbocycles. The molecule has 2 aliphatic rings. The summed E-state index contributed by atoms with van der Waals surface area (Å²) in [6.07, 6.45) is 1.54. The molecule has 1 fully saturated rings. The molecule has 0 radical (unpaired) electrons. The zero-order valence-corrected chi connectivity index (χ0v) is 13.5. The topological polar surface area (TPSA) is 59.9 Å². The molecule has 5 nitrogen and oxygen atoms in total. The first-order chi connectivity index (χ1) is 10.4. The van der Waals surface area contributed by atoms with Crippen molar-refractivity contribution in [2.24, 2.45) is 16.4 Å². The van der Waals surface area contributed by atoms with Crippen LogP contribution < -0.4 is 14.9 Å². The summed E-state index contributed by atoms with van der Waals surface area (Å²) < 4.78 is 10.6. The van der Waals surface area contributed by atoms with Gasteiger partial charge in [-0.15, -0.1) is 0 Å². The van der Waals surface area contributed by atoms with Gasteiger partial charge in [0.05, 0.1) is 31.9 Å². The molecule has 1 aromatic rings. The number of hydrazone groups is 1. The normalized spacial score (nSPS) is 26.0. The van der Waals surface area contributed by atoms with Crippen molar-refractivity contribution in [1.82, 2.24) is 5.43 Å². The van der Waals surface area contributed by atoms with Crippen LogP contribution in [0.4, 0.5) is 0 Å². The molecule has 0 saturated heterocycles. The van der Waals surface area contributed by atoms with Crippen molar-refractivity contribution >= 4 is 11.5 Å². The first-order valence-electron chi connectivity index (χ1n) is 7.53. The summed E-state index contributed by atoms with van der Waals surface area (Å²) in [5, 5.41) is 4.45. The maximum atomic E-state index is 12.6. The van der Waals surface area contributed by atoms with Crippen molar-refractivity contribution in [2.75, 3.05) is 14.2 Å². The quantitative estimate of drug-likeness (QED) is 0.931. The minimum atomic E-state index is -0.176. The van der Waals surface area contributed by atoms with E-state index in [2.05, 4.69) is 24.4 Å². The van der Waals surface area contributed by atoms with Crippen molar-refractivity contribution in [3.63, 3.8) is 0 Å². The largest absolute Gasteiger partial charge is 0.497 e. The Balaban J connectivity index is 1.95. The number of hydrogen-bond acceptors (Lipinski definition) is 5. The van der Waals surface area contributed by atoms with E-state index in [-0.39, 0.29) is 23.2 Å². The third kappa shape index (κ3) is 2.56. The lowest BCUT2D eigenvalue weighted by molar-refractivity contribution is -0.126. The van der Waals surface area contributed by atoms with E-state index in [4.69, 9.17) is 9.47 Å². The van der Waals surface area contributed by atoms with Crippen LogP contribution in [0.5, 0.6) is 11.5 Å². The second kappa shape index (κ2) is 5.30. The number of carbonyl (C=O) groups is 1. The summed E-state index contributed by atoms with van der Waals surface area (Å²) in [5.41, 5.74) is 4.86. The van der Waals surface area contributed by atoms with E-state index in [1.54, 1.807) is 14.2 Å². The number of Topliss-reactive ketones (excluding diaryl/α,β-unsaturated/α-hetero) is 1. The first kappa shape index (κ1) is 14.9. The van der Waals surface area contributed by atoms with Gasteiger partial charge >= 0.3 is 0 Å². The van der Waals surface area contributed by atoms with Gasteiger partial charge < -0.3 is 14.9 Å². The van der Waals surface area contributed by atoms with E-state index in [0.717, 1.165) is 17.7 Å². The molecule has 0 spiro atoms. The van der Waals surface area contributed by atoms with Crippen molar-refractivity contribution in [3.05, 3.63) is 23.8 Å². The molecule has 22 heavy (non-hydrogen) atoms. The molecule has 1 saturated carbocycles. The Morgan fingerprint density at radius 1 is 1.18 bits per heavy atom. The highest BCUT2D eigenvalue weighted by Crippen LogP contribution is 2.40. The number of ether oxygens (including phenoxy) is 2. The lowest BCUT2D eigenvalue weighted by Crippen LogP contribution is -2.45. The van der Waals surface area contributed by atoms with Crippen LogP contribution in [0.2, 0.25) is 0 Å². The Morgan fingerprint density at radius 3 is 2.41 bits per heavy atom. The molecule has 3 rings (SSSR count). The van der Waals surface area contributed by atoms with Crippen LogP contribution in [0.15, 0.2) is 23.3 Å². The molecule has 2 unspecified atom stereocenters. The van der Waals surface area contributed by atoms with Crippen LogP contribution in [0.3, 0.4) is 0 Å². The molecular weight excluding hydrogens is 280 g/mol. The summed E-state index contributed by atoms with van der Waals surface area (Å²) >= 11 is 0. The number of hydrogen-bond donors (Lipinski definition) is 1. The monoisotopic (exact) mass is 302 g/mol. The zero-order chi connectivity index (χ0) is 15.9. The predicted octanol–water partition coefficient (Wildman–Crippen LogP) is 2.39. The zero-order valence-electron chi connectivity index (χ0n) is 13.5. The first-order valence-corrected chi connectivity index (χ1v) is 7.53. The smallest absolute Gasteiger partial charge is 0.144 e. The van der Waals surface area contributed by atoms with Gasteiger partial charge in [0.25, 0.3) is 0 Å². The second-order valence-corrected chi connectivity index (χ2v) is 6.82. The van der Waals surface area contributed by atoms with Crippen LogP contribution in [-0.4, -0.2) is 31.8 Å². The van der Waals surface area contributed by atoms with Gasteiger partial charge in [0.15, 0.2) is 0 Å². The molecule has 1 N–H and O–H groups in total. The van der Waals surface area contributed by atoms with Gasteiger partial charge in [-0.3, -0.25) is 4.79 Å². The minimum absolute atomic E-state index is 0.0300. The van der Waals surface area contributed by atoms with Crippen molar-refractivity contribution in [2.45, 2.75) is 32.7 Å². The predicted molar refractivity (Wildman–Crippen MR) is 84.5 cm³/mol. The number of rotatable bonds is 3. The lowest BCUT2D eigenvalue weighted by Gasteiger charge is -2.36. The molecule has 5 heteroatoms. The highest BCUT2D eigenvalue weighted by molar-refractivity contribution is 6.15. The van der Waals surface area contributed by atoms with Gasteiger partial charge in [-0.25, -0.2) is 0 Å². The van der Waals surface area contributed by atoms with E-state index in [0.29, 0.717) is 17.9 Å². The molecule has 0 bridgehead atoms. The summed E-state index contributed by atoms with van der Waals surface area (Å²) in [4.78, 5) is 12.6. The number of nitrogens with zero attached hydrogens (tertiary/aromatic N) is 1. The SMILES string of the molecule is COc1cc(OC)cc(C2=NNC3CC(C)(C)CC(=O)C23)c1. The van der Waals surface area contributed by atoms with E-state index < -0.39 is 0 Å². The maximum absolute atomic E-state index is 12.6. The van der Waals surface area contributed by atoms with E-state index in [1.165, 1.54) is 0 Å². The van der Waals surface area contributed by atoms with Crippen LogP contribution in [0.25, 0.3) is 0 Å². The number of nitrogens with one attached hydrogen (secondary N) is 1. The van der Waals surface area contributed by atoms with Crippen molar-refractivity contribution in [3.8, 4) is 11.5 Å². The average Bonchev–Trinajstić information content (AvgIpc) is 2.89. The minimum Gasteiger partial charge on any atom is -0.497 e. The van der Waals surface area contributed by atoms with Gasteiger partial charge in [-0.05, 0) is 24.0 Å². The molecule has 1 heterocycles. The Morgan fingerprint density at radius 2 is 1.82 bits per heavy atom. The number of carbonyl (C=O) groups excluding carboxylic acids is 1. The van der Waals surface area contributed by atoms with Crippen LogP contribution in [0, 0.1) is 11.3 Å². The molecule has 2 atom stereocenters. The fourth-order valence-electron chi connectivity index (χ4n) is 3.48. The summed E-state index contributed by atoms with van der Waals surface area (Å²) in [6.45, 7) is 4.27. The second-order valence-electron chi connectivity index (χ2n) is 6.82. The van der Waals surface area contributed by atoms with E-state index in [9.17, 15) is 4.79 Å². The van der Waals surface area contributed by atoms with Gasteiger partial charge in [-0.2, -0.15) is 5.10 Å². The van der Waals surface area contributed by atoms with E-state index >= 15 is 0 Å². The Kier molecular flexibility index (Phi) is 3.59. The number of fused-ring (bicyclic) bond motifs is 1. The lowest BCUT2D eigenvalue weighted by atomic mass is 9.68. The number of benzene rings is 1. The van der Waals surface area contributed by atoms with Gasteiger partial charge in [0.2, 0.25) is 0 Å². The highest BCUT2D eigenvalue weighted by Gasteiger charge is 2.46. The Bertz CT molecular complexity index is 615. The fourth-order valence-corrected chi connectivity index (χ4v) is 3.48. The molecule has 1 aliphatic heterocycles. The molecule has 0 aromatic heterocycles. The molecular formula is C17H22N2O3. The third-order valence-electron chi connectivity index (χ3n) is 4.47. The van der Waals surface area contributed by atoms with Crippen LogP contribution in [0.1, 0.15) is 32.3 Å². The summed E-state index contributed by atoms with van der Waals surface area (Å²) in [7, 11) is 3.23. The number of methoxy groups -OCH3 is 2. The maximum Gasteiger partial charge on any atom is 0.144 e. The van der Waals surface area contributed by atoms with Crippen molar-refractivity contribution < 1.29 is 14.3 Å². The van der Waals surface area contributed by atoms with Crippen LogP contribution >= 0.6 is 0 Å². The van der Waals surface area contributed by atoms with Crippen LogP contribution in [-0.2, 0) is 4.79 Å². The standard InChI is InChI=1S/C17H22N2O3/c1-17(2)8-13-15(14(20)9-17)16(19-18-13)10-5-11(21-3)7-12(6-10)22-4/h5-7,13,15,18H,8-9H2,1-4H3. The fraction of sp³-hybridized carbons (Fsp3) is 0.529. The average molecular weight is 302 g/mol. The Labute approximate surface area is 130 Å². The molecule has 118 valence electrons. The Hall–Kier alpha value is -2.04. The molecule has 1 aromatic carbocycles. The number of ketones is 1. The van der Waals surface area contributed by atoms with Gasteiger partial charge in [0, 0.05) is 18.1 Å². The van der Waals surface area contributed by atoms with Gasteiger partial charge in [-0.1, -0.05) is 13.8 Å².